The van der Waals surface area contributed by atoms with Crippen LogP contribution in [0.5, 0.6) is 11.5 Å². The fourth-order valence-corrected chi connectivity index (χ4v) is 5.36. The summed E-state index contributed by atoms with van der Waals surface area (Å²) in [5.41, 5.74) is 1.45. The topological polar surface area (TPSA) is 78.9 Å². The standard InChI is InChI=1S/C26H33Cl3O6S/c1-6-36(31,32)16-17(2)14-33-24-9-7-19(11-22(24)28)26(4,5)20-8-10-25(23(29)12-20)34-15-21(13-27)35-18(3)30/h7-12,17,21H,6,13-16H2,1-5H3/t17-,21-/m0/s1. The molecule has 0 heterocycles. The summed E-state index contributed by atoms with van der Waals surface area (Å²) < 4.78 is 40.2. The number of alkyl halides is 1. The summed E-state index contributed by atoms with van der Waals surface area (Å²) in [6.45, 7) is 9.22. The lowest BCUT2D eigenvalue weighted by Gasteiger charge is -2.27. The SMILES string of the molecule is CCS(=O)(=O)C[C@@H](C)COc1ccc(C(C)(C)c2ccc(OC[C@H](CCl)OC(C)=O)c(Cl)c2)cc1Cl. The Balaban J connectivity index is 2.11. The number of carbonyl (C=O) groups is 1. The third-order valence-corrected chi connectivity index (χ3v) is 8.63. The Bertz CT molecular complexity index is 1150. The molecule has 0 saturated heterocycles. The predicted molar refractivity (Wildman–Crippen MR) is 146 cm³/mol. The second-order valence-electron chi connectivity index (χ2n) is 9.23. The van der Waals surface area contributed by atoms with Gasteiger partial charge in [-0.15, -0.1) is 11.6 Å². The number of esters is 1. The molecule has 200 valence electrons. The third-order valence-electron chi connectivity index (χ3n) is 5.74. The van der Waals surface area contributed by atoms with Crippen LogP contribution in [0.3, 0.4) is 0 Å². The highest BCUT2D eigenvalue weighted by atomic mass is 35.5. The van der Waals surface area contributed by atoms with E-state index >= 15 is 0 Å². The zero-order valence-electron chi connectivity index (χ0n) is 21.1. The van der Waals surface area contributed by atoms with Gasteiger partial charge in [-0.25, -0.2) is 8.42 Å². The Kier molecular flexibility index (Phi) is 11.2. The fraction of sp³-hybridized carbons (Fsp3) is 0.500. The summed E-state index contributed by atoms with van der Waals surface area (Å²) in [5.74, 6) is 0.670. The van der Waals surface area contributed by atoms with Crippen LogP contribution in [-0.2, 0) is 24.8 Å². The minimum atomic E-state index is -3.07. The van der Waals surface area contributed by atoms with Crippen LogP contribution in [0.15, 0.2) is 36.4 Å². The van der Waals surface area contributed by atoms with Gasteiger partial charge in [0.25, 0.3) is 0 Å². The number of ether oxygens (including phenoxy) is 3. The molecule has 0 aliphatic carbocycles. The minimum absolute atomic E-state index is 0.0724. The number of sulfone groups is 1. The van der Waals surface area contributed by atoms with Crippen molar-refractivity contribution in [1.82, 2.24) is 0 Å². The highest BCUT2D eigenvalue weighted by molar-refractivity contribution is 7.91. The van der Waals surface area contributed by atoms with Gasteiger partial charge in [0.05, 0.1) is 28.3 Å². The van der Waals surface area contributed by atoms with Crippen molar-refractivity contribution in [3.8, 4) is 11.5 Å². The van der Waals surface area contributed by atoms with Crippen LogP contribution in [0.2, 0.25) is 10.0 Å². The molecular formula is C26H33Cl3O6S. The van der Waals surface area contributed by atoms with Gasteiger partial charge < -0.3 is 14.2 Å². The molecule has 0 aliphatic heterocycles. The lowest BCUT2D eigenvalue weighted by atomic mass is 9.78. The maximum atomic E-state index is 11.8. The quantitative estimate of drug-likeness (QED) is 0.204. The van der Waals surface area contributed by atoms with Gasteiger partial charge in [-0.05, 0) is 35.4 Å². The molecule has 0 unspecified atom stereocenters. The number of hydrogen-bond acceptors (Lipinski definition) is 6. The zero-order chi connectivity index (χ0) is 27.1. The maximum Gasteiger partial charge on any atom is 0.303 e. The van der Waals surface area contributed by atoms with Crippen molar-refractivity contribution < 1.29 is 27.4 Å². The molecule has 0 amide bonds. The second kappa shape index (κ2) is 13.2. The van der Waals surface area contributed by atoms with E-state index in [0.29, 0.717) is 21.5 Å². The summed E-state index contributed by atoms with van der Waals surface area (Å²) >= 11 is 18.8. The van der Waals surface area contributed by atoms with E-state index in [4.69, 9.17) is 49.0 Å². The van der Waals surface area contributed by atoms with Crippen LogP contribution in [-0.4, -0.2) is 51.1 Å². The highest BCUT2D eigenvalue weighted by Crippen LogP contribution is 2.38. The second-order valence-corrected chi connectivity index (χ2v) is 12.7. The molecule has 2 aromatic carbocycles. The van der Waals surface area contributed by atoms with Gasteiger partial charge in [-0.3, -0.25) is 4.79 Å². The Labute approximate surface area is 229 Å². The zero-order valence-corrected chi connectivity index (χ0v) is 24.2. The summed E-state index contributed by atoms with van der Waals surface area (Å²) in [6.07, 6.45) is -0.571. The number of halogens is 3. The minimum Gasteiger partial charge on any atom is -0.492 e. The Hall–Kier alpha value is -1.67. The lowest BCUT2D eigenvalue weighted by Crippen LogP contribution is -2.25. The van der Waals surface area contributed by atoms with E-state index in [1.54, 1.807) is 19.1 Å². The average molecular weight is 580 g/mol. The molecule has 0 bridgehead atoms. The molecule has 0 saturated carbocycles. The van der Waals surface area contributed by atoms with E-state index in [1.807, 2.05) is 45.0 Å². The Morgan fingerprint density at radius 2 is 1.47 bits per heavy atom. The van der Waals surface area contributed by atoms with Crippen LogP contribution < -0.4 is 9.47 Å². The smallest absolute Gasteiger partial charge is 0.303 e. The van der Waals surface area contributed by atoms with Crippen molar-refractivity contribution >= 4 is 50.6 Å². The van der Waals surface area contributed by atoms with Crippen molar-refractivity contribution in [2.75, 3.05) is 30.6 Å². The number of benzene rings is 2. The van der Waals surface area contributed by atoms with Crippen molar-refractivity contribution in [1.29, 1.82) is 0 Å². The molecule has 0 aliphatic rings. The van der Waals surface area contributed by atoms with Gasteiger partial charge in [-0.2, -0.15) is 0 Å². The van der Waals surface area contributed by atoms with Gasteiger partial charge >= 0.3 is 5.97 Å². The van der Waals surface area contributed by atoms with Crippen LogP contribution >= 0.6 is 34.8 Å². The van der Waals surface area contributed by atoms with Gasteiger partial charge in [-0.1, -0.05) is 63.0 Å². The first kappa shape index (κ1) is 30.6. The summed E-state index contributed by atoms with van der Waals surface area (Å²) in [4.78, 5) is 11.2. The molecule has 10 heteroatoms. The van der Waals surface area contributed by atoms with E-state index in [0.717, 1.165) is 11.1 Å². The van der Waals surface area contributed by atoms with Crippen molar-refractivity contribution in [2.45, 2.75) is 46.1 Å². The number of hydrogen-bond donors (Lipinski definition) is 0. The summed E-state index contributed by atoms with van der Waals surface area (Å²) in [6, 6.07) is 11.1. The van der Waals surface area contributed by atoms with Crippen LogP contribution in [0.25, 0.3) is 0 Å². The van der Waals surface area contributed by atoms with Crippen molar-refractivity contribution in [3.63, 3.8) is 0 Å². The van der Waals surface area contributed by atoms with E-state index < -0.39 is 27.3 Å². The highest BCUT2D eigenvalue weighted by Gasteiger charge is 2.26. The summed E-state index contributed by atoms with van der Waals surface area (Å²) in [7, 11) is -3.07. The van der Waals surface area contributed by atoms with E-state index in [9.17, 15) is 13.2 Å². The fourth-order valence-electron chi connectivity index (χ4n) is 3.54. The van der Waals surface area contributed by atoms with Gasteiger partial charge in [0.2, 0.25) is 0 Å². The monoisotopic (exact) mass is 578 g/mol. The molecule has 0 radical (unpaired) electrons. The Morgan fingerprint density at radius 3 is 1.89 bits per heavy atom. The molecular weight excluding hydrogens is 547 g/mol. The van der Waals surface area contributed by atoms with E-state index in [2.05, 4.69) is 0 Å². The predicted octanol–water partition coefficient (Wildman–Crippen LogP) is 6.32. The maximum absolute atomic E-state index is 11.8. The number of carbonyl (C=O) groups excluding carboxylic acids is 1. The van der Waals surface area contributed by atoms with Crippen LogP contribution in [0.1, 0.15) is 45.7 Å². The first-order valence-electron chi connectivity index (χ1n) is 11.6. The first-order valence-corrected chi connectivity index (χ1v) is 14.7. The van der Waals surface area contributed by atoms with Crippen LogP contribution in [0, 0.1) is 5.92 Å². The molecule has 2 atom stereocenters. The van der Waals surface area contributed by atoms with Gasteiger partial charge in [0.1, 0.15) is 34.0 Å². The molecule has 0 N–H and O–H groups in total. The van der Waals surface area contributed by atoms with E-state index in [1.165, 1.54) is 6.92 Å². The van der Waals surface area contributed by atoms with Crippen LogP contribution in [0.4, 0.5) is 0 Å². The largest absolute Gasteiger partial charge is 0.492 e. The van der Waals surface area contributed by atoms with E-state index in [-0.39, 0.29) is 36.5 Å². The third kappa shape index (κ3) is 8.72. The molecule has 0 fully saturated rings. The normalized spacial score (nSPS) is 13.7. The molecule has 2 aromatic rings. The molecule has 0 aromatic heterocycles. The molecule has 0 spiro atoms. The first-order chi connectivity index (χ1) is 16.8. The molecule has 2 rings (SSSR count). The number of rotatable bonds is 13. The Morgan fingerprint density at radius 1 is 0.972 bits per heavy atom. The average Bonchev–Trinajstić information content (AvgIpc) is 2.80. The van der Waals surface area contributed by atoms with Gasteiger partial charge in [0, 0.05) is 24.0 Å². The van der Waals surface area contributed by atoms with Crippen molar-refractivity contribution in [2.24, 2.45) is 5.92 Å². The van der Waals surface area contributed by atoms with Crippen molar-refractivity contribution in [3.05, 3.63) is 57.6 Å². The summed E-state index contributed by atoms with van der Waals surface area (Å²) in [5, 5.41) is 0.855. The lowest BCUT2D eigenvalue weighted by molar-refractivity contribution is -0.146. The van der Waals surface area contributed by atoms with Gasteiger partial charge in [0.15, 0.2) is 0 Å². The molecule has 36 heavy (non-hydrogen) atoms. The molecule has 6 nitrogen and oxygen atoms in total.